The number of para-hydroxylation sites is 1. The van der Waals surface area contributed by atoms with E-state index in [2.05, 4.69) is 5.32 Å². The maximum Gasteiger partial charge on any atom is 0.254 e. The van der Waals surface area contributed by atoms with Crippen molar-refractivity contribution in [2.45, 2.75) is 6.54 Å². The molecule has 0 bridgehead atoms. The molecule has 1 aromatic heterocycles. The van der Waals surface area contributed by atoms with E-state index in [1.807, 2.05) is 10.6 Å². The first-order chi connectivity index (χ1) is 8.18. The number of rotatable bonds is 1. The molecule has 0 aliphatic carbocycles. The van der Waals surface area contributed by atoms with Crippen molar-refractivity contribution in [2.75, 3.05) is 11.9 Å². The summed E-state index contributed by atoms with van der Waals surface area (Å²) < 4.78 is 1.91. The minimum absolute atomic E-state index is 0.0524. The highest BCUT2D eigenvalue weighted by Gasteiger charge is 2.17. The predicted octanol–water partition coefficient (Wildman–Crippen LogP) is 0.526. The van der Waals surface area contributed by atoms with E-state index in [1.54, 1.807) is 18.3 Å². The second kappa shape index (κ2) is 3.35. The average molecular weight is 229 g/mol. The number of aromatic nitrogens is 1. The molecule has 0 saturated heterocycles. The lowest BCUT2D eigenvalue weighted by Gasteiger charge is -2.21. The summed E-state index contributed by atoms with van der Waals surface area (Å²) in [5, 5.41) is 3.76. The molecule has 1 aliphatic rings. The zero-order valence-corrected chi connectivity index (χ0v) is 9.06. The number of amides is 1. The van der Waals surface area contributed by atoms with Gasteiger partial charge in [0.05, 0.1) is 11.2 Å². The molecular formula is C12H11N3O2. The van der Waals surface area contributed by atoms with Gasteiger partial charge in [0.2, 0.25) is 5.43 Å². The molecule has 1 amide bonds. The van der Waals surface area contributed by atoms with Gasteiger partial charge in [0.15, 0.2) is 0 Å². The van der Waals surface area contributed by atoms with Crippen LogP contribution in [-0.4, -0.2) is 17.0 Å². The van der Waals surface area contributed by atoms with Crippen molar-refractivity contribution in [1.29, 1.82) is 0 Å². The molecule has 5 heteroatoms. The molecule has 2 aromatic rings. The zero-order chi connectivity index (χ0) is 12.0. The van der Waals surface area contributed by atoms with Crippen LogP contribution in [0, 0.1) is 0 Å². The highest BCUT2D eigenvalue weighted by molar-refractivity contribution is 5.99. The van der Waals surface area contributed by atoms with E-state index in [0.29, 0.717) is 11.9 Å². The lowest BCUT2D eigenvalue weighted by Crippen LogP contribution is -2.27. The van der Waals surface area contributed by atoms with E-state index in [-0.39, 0.29) is 11.0 Å². The van der Waals surface area contributed by atoms with E-state index < -0.39 is 5.91 Å². The summed E-state index contributed by atoms with van der Waals surface area (Å²) in [6, 6.07) is 5.44. The van der Waals surface area contributed by atoms with E-state index in [4.69, 9.17) is 5.73 Å². The molecule has 0 fully saturated rings. The summed E-state index contributed by atoms with van der Waals surface area (Å²) in [6.45, 7) is 1.49. The zero-order valence-electron chi connectivity index (χ0n) is 9.06. The summed E-state index contributed by atoms with van der Waals surface area (Å²) in [5.74, 6) is -0.676. The van der Waals surface area contributed by atoms with Crippen LogP contribution in [0.25, 0.3) is 10.9 Å². The van der Waals surface area contributed by atoms with Gasteiger partial charge >= 0.3 is 0 Å². The quantitative estimate of drug-likeness (QED) is 0.748. The molecule has 3 N–H and O–H groups in total. The molecule has 3 rings (SSSR count). The Bertz CT molecular complexity index is 688. The third-order valence-corrected chi connectivity index (χ3v) is 3.03. The normalized spacial score (nSPS) is 13.4. The Morgan fingerprint density at radius 1 is 1.41 bits per heavy atom. The number of hydrogen-bond donors (Lipinski definition) is 2. The van der Waals surface area contributed by atoms with E-state index in [9.17, 15) is 9.59 Å². The first kappa shape index (κ1) is 9.89. The van der Waals surface area contributed by atoms with Gasteiger partial charge in [-0.25, -0.2) is 0 Å². The minimum Gasteiger partial charge on any atom is -0.382 e. The van der Waals surface area contributed by atoms with Crippen LogP contribution in [-0.2, 0) is 6.54 Å². The average Bonchev–Trinajstić information content (AvgIpc) is 2.33. The van der Waals surface area contributed by atoms with E-state index in [0.717, 1.165) is 17.7 Å². The number of anilines is 1. The lowest BCUT2D eigenvalue weighted by molar-refractivity contribution is 0.0998. The first-order valence-electron chi connectivity index (χ1n) is 5.38. The van der Waals surface area contributed by atoms with Crippen LogP contribution >= 0.6 is 0 Å². The Balaban J connectivity index is 2.51. The van der Waals surface area contributed by atoms with Gasteiger partial charge in [-0.2, -0.15) is 0 Å². The fraction of sp³-hybridized carbons (Fsp3) is 0.167. The van der Waals surface area contributed by atoms with Crippen molar-refractivity contribution in [1.82, 2.24) is 4.57 Å². The third-order valence-electron chi connectivity index (χ3n) is 3.03. The van der Waals surface area contributed by atoms with Gasteiger partial charge in [-0.05, 0) is 12.1 Å². The largest absolute Gasteiger partial charge is 0.382 e. The first-order valence-corrected chi connectivity index (χ1v) is 5.38. The third kappa shape index (κ3) is 1.32. The Kier molecular flexibility index (Phi) is 1.95. The van der Waals surface area contributed by atoms with Crippen molar-refractivity contribution in [3.8, 4) is 0 Å². The van der Waals surface area contributed by atoms with Crippen molar-refractivity contribution >= 4 is 22.5 Å². The monoisotopic (exact) mass is 229 g/mol. The van der Waals surface area contributed by atoms with Gasteiger partial charge in [0.25, 0.3) is 5.91 Å². The van der Waals surface area contributed by atoms with Crippen LogP contribution in [0.5, 0.6) is 0 Å². The van der Waals surface area contributed by atoms with Gasteiger partial charge in [-0.1, -0.05) is 6.07 Å². The van der Waals surface area contributed by atoms with Crippen LogP contribution in [0.2, 0.25) is 0 Å². The fourth-order valence-electron chi connectivity index (χ4n) is 2.27. The number of benzene rings is 1. The smallest absolute Gasteiger partial charge is 0.254 e. The number of carbonyl (C=O) groups excluding carboxylic acids is 1. The maximum atomic E-state index is 12.1. The number of hydrogen-bond acceptors (Lipinski definition) is 3. The Morgan fingerprint density at radius 3 is 3.00 bits per heavy atom. The van der Waals surface area contributed by atoms with Gasteiger partial charge in [-0.15, -0.1) is 0 Å². The molecule has 1 aromatic carbocycles. The second-order valence-corrected chi connectivity index (χ2v) is 4.06. The molecule has 0 unspecified atom stereocenters. The molecule has 17 heavy (non-hydrogen) atoms. The van der Waals surface area contributed by atoms with Crippen molar-refractivity contribution in [2.24, 2.45) is 5.73 Å². The van der Waals surface area contributed by atoms with E-state index in [1.165, 1.54) is 0 Å². The highest BCUT2D eigenvalue weighted by Crippen LogP contribution is 2.24. The van der Waals surface area contributed by atoms with Gasteiger partial charge in [0, 0.05) is 24.7 Å². The summed E-state index contributed by atoms with van der Waals surface area (Å²) in [7, 11) is 0. The number of carbonyl (C=O) groups is 1. The number of nitrogens with zero attached hydrogens (tertiary/aromatic N) is 1. The Hall–Kier alpha value is -2.30. The Labute approximate surface area is 96.8 Å². The van der Waals surface area contributed by atoms with Crippen LogP contribution in [0.1, 0.15) is 10.4 Å². The molecule has 2 heterocycles. The maximum absolute atomic E-state index is 12.1. The summed E-state index contributed by atoms with van der Waals surface area (Å²) in [5.41, 5.74) is 6.73. The molecule has 0 radical (unpaired) electrons. The summed E-state index contributed by atoms with van der Waals surface area (Å²) in [4.78, 5) is 23.3. The lowest BCUT2D eigenvalue weighted by atomic mass is 10.1. The molecule has 1 aliphatic heterocycles. The van der Waals surface area contributed by atoms with Crippen LogP contribution in [0.4, 0.5) is 5.69 Å². The topological polar surface area (TPSA) is 77.1 Å². The van der Waals surface area contributed by atoms with Gasteiger partial charge in [0.1, 0.15) is 5.56 Å². The summed E-state index contributed by atoms with van der Waals surface area (Å²) in [6.07, 6.45) is 1.55. The van der Waals surface area contributed by atoms with E-state index >= 15 is 0 Å². The molecule has 5 nitrogen and oxygen atoms in total. The van der Waals surface area contributed by atoms with Gasteiger partial charge < -0.3 is 15.6 Å². The summed E-state index contributed by atoms with van der Waals surface area (Å²) >= 11 is 0. The van der Waals surface area contributed by atoms with Crippen LogP contribution < -0.4 is 16.5 Å². The standard InChI is InChI=1S/C12H11N3O2/c13-12(17)8-6-15-5-4-14-9-3-1-2-7(10(9)15)11(8)16/h1-3,6,14H,4-5H2,(H2,13,17). The number of pyridine rings is 1. The van der Waals surface area contributed by atoms with Crippen LogP contribution in [0.15, 0.2) is 29.2 Å². The van der Waals surface area contributed by atoms with Crippen molar-refractivity contribution < 1.29 is 4.79 Å². The number of primary amides is 1. The minimum atomic E-state index is -0.676. The molecule has 0 atom stereocenters. The molecule has 0 saturated carbocycles. The van der Waals surface area contributed by atoms with Gasteiger partial charge in [-0.3, -0.25) is 9.59 Å². The second-order valence-electron chi connectivity index (χ2n) is 4.06. The number of nitrogens with one attached hydrogen (secondary N) is 1. The highest BCUT2D eigenvalue weighted by atomic mass is 16.2. The van der Waals surface area contributed by atoms with Crippen LogP contribution in [0.3, 0.4) is 0 Å². The fourth-order valence-corrected chi connectivity index (χ4v) is 2.27. The molecular weight excluding hydrogens is 218 g/mol. The number of nitrogens with two attached hydrogens (primary N) is 1. The Morgan fingerprint density at radius 2 is 2.24 bits per heavy atom. The SMILES string of the molecule is NC(=O)c1cn2c3c(cccc3c1=O)NCC2. The molecule has 86 valence electrons. The molecule has 0 spiro atoms. The van der Waals surface area contributed by atoms with Crippen molar-refractivity contribution in [3.05, 3.63) is 40.2 Å². The van der Waals surface area contributed by atoms with Crippen molar-refractivity contribution in [3.63, 3.8) is 0 Å². The predicted molar refractivity (Wildman–Crippen MR) is 65.2 cm³/mol.